The number of rotatable bonds is 9. The lowest BCUT2D eigenvalue weighted by atomic mass is 9.98. The van der Waals surface area contributed by atoms with Crippen LogP contribution in [0, 0.1) is 5.92 Å². The van der Waals surface area contributed by atoms with Crippen LogP contribution in [0.3, 0.4) is 0 Å². The van der Waals surface area contributed by atoms with E-state index in [-0.39, 0.29) is 0 Å². The van der Waals surface area contributed by atoms with Crippen LogP contribution in [-0.2, 0) is 16.2 Å². The summed E-state index contributed by atoms with van der Waals surface area (Å²) in [5.74, 6) is 1.34. The van der Waals surface area contributed by atoms with Crippen molar-refractivity contribution in [3.63, 3.8) is 0 Å². The second-order valence-corrected chi connectivity index (χ2v) is 13.7. The van der Waals surface area contributed by atoms with Gasteiger partial charge in [-0.05, 0) is 52.4 Å². The standard InChI is InChI=1S/C16H28BrNO2Si/c1-19-11-15(13-5-6-13)14-9-16(17)18(10-14)12-20-7-8-21(2,3)4/h9-10,13,15H,5-8,11-12H2,1-4H3. The van der Waals surface area contributed by atoms with Crippen molar-refractivity contribution in [3.8, 4) is 0 Å². The van der Waals surface area contributed by atoms with Crippen molar-refractivity contribution in [2.75, 3.05) is 20.3 Å². The van der Waals surface area contributed by atoms with Gasteiger partial charge in [-0.25, -0.2) is 0 Å². The maximum absolute atomic E-state index is 5.84. The summed E-state index contributed by atoms with van der Waals surface area (Å²) in [6.07, 6.45) is 4.90. The number of aromatic nitrogens is 1. The lowest BCUT2D eigenvalue weighted by Crippen LogP contribution is -2.22. The Balaban J connectivity index is 1.89. The number of methoxy groups -OCH3 is 1. The number of ether oxygens (including phenoxy) is 2. The summed E-state index contributed by atoms with van der Waals surface area (Å²) >= 11 is 3.65. The van der Waals surface area contributed by atoms with E-state index in [1.807, 2.05) is 0 Å². The zero-order valence-electron chi connectivity index (χ0n) is 13.7. The Morgan fingerprint density at radius 2 is 2.10 bits per heavy atom. The van der Waals surface area contributed by atoms with Gasteiger partial charge in [-0.15, -0.1) is 0 Å². The Kier molecular flexibility index (Phi) is 6.12. The summed E-state index contributed by atoms with van der Waals surface area (Å²) in [6.45, 7) is 9.45. The molecule has 1 aromatic rings. The molecular formula is C16H28BrNO2Si. The smallest absolute Gasteiger partial charge is 0.123 e. The molecule has 1 aliphatic rings. The molecule has 0 N–H and O–H groups in total. The fourth-order valence-electron chi connectivity index (χ4n) is 2.52. The Morgan fingerprint density at radius 3 is 2.67 bits per heavy atom. The largest absolute Gasteiger partial charge is 0.384 e. The molecule has 0 amide bonds. The Labute approximate surface area is 138 Å². The summed E-state index contributed by atoms with van der Waals surface area (Å²) in [6, 6.07) is 3.44. The molecule has 1 atom stereocenters. The van der Waals surface area contributed by atoms with Crippen LogP contribution in [-0.4, -0.2) is 33.0 Å². The van der Waals surface area contributed by atoms with Gasteiger partial charge in [0.1, 0.15) is 6.73 Å². The topological polar surface area (TPSA) is 23.4 Å². The van der Waals surface area contributed by atoms with Crippen molar-refractivity contribution in [1.82, 2.24) is 4.57 Å². The van der Waals surface area contributed by atoms with E-state index in [2.05, 4.69) is 52.4 Å². The lowest BCUT2D eigenvalue weighted by Gasteiger charge is -2.16. The normalized spacial score (nSPS) is 17.2. The highest BCUT2D eigenvalue weighted by atomic mass is 79.9. The molecule has 1 saturated carbocycles. The van der Waals surface area contributed by atoms with Gasteiger partial charge in [0.15, 0.2) is 0 Å². The highest BCUT2D eigenvalue weighted by Gasteiger charge is 2.33. The van der Waals surface area contributed by atoms with Crippen LogP contribution in [0.4, 0.5) is 0 Å². The zero-order chi connectivity index (χ0) is 15.5. The van der Waals surface area contributed by atoms with Crippen LogP contribution in [0.1, 0.15) is 24.3 Å². The monoisotopic (exact) mass is 373 g/mol. The third-order valence-corrected chi connectivity index (χ3v) is 6.45. The van der Waals surface area contributed by atoms with Gasteiger partial charge in [-0.3, -0.25) is 0 Å². The van der Waals surface area contributed by atoms with E-state index < -0.39 is 8.07 Å². The molecule has 3 nitrogen and oxygen atoms in total. The minimum absolute atomic E-state index is 0.537. The minimum Gasteiger partial charge on any atom is -0.384 e. The molecule has 0 spiro atoms. The molecule has 2 rings (SSSR count). The Hall–Kier alpha value is -0.103. The van der Waals surface area contributed by atoms with Gasteiger partial charge in [0.05, 0.1) is 11.2 Å². The average Bonchev–Trinajstić information content (AvgIpc) is 3.15. The van der Waals surface area contributed by atoms with Gasteiger partial charge >= 0.3 is 0 Å². The van der Waals surface area contributed by atoms with Gasteiger partial charge in [-0.1, -0.05) is 19.6 Å². The molecule has 21 heavy (non-hydrogen) atoms. The quantitative estimate of drug-likeness (QED) is 0.462. The van der Waals surface area contributed by atoms with Gasteiger partial charge in [-0.2, -0.15) is 0 Å². The number of halogens is 1. The summed E-state index contributed by atoms with van der Waals surface area (Å²) in [7, 11) is 0.791. The van der Waals surface area contributed by atoms with Crippen molar-refractivity contribution in [1.29, 1.82) is 0 Å². The van der Waals surface area contributed by atoms with E-state index in [1.165, 1.54) is 24.4 Å². The second-order valence-electron chi connectivity index (χ2n) is 7.31. The van der Waals surface area contributed by atoms with Crippen LogP contribution in [0.2, 0.25) is 25.7 Å². The van der Waals surface area contributed by atoms with Crippen LogP contribution >= 0.6 is 15.9 Å². The second kappa shape index (κ2) is 7.44. The molecule has 5 heteroatoms. The maximum atomic E-state index is 5.84. The van der Waals surface area contributed by atoms with E-state index in [9.17, 15) is 0 Å². The van der Waals surface area contributed by atoms with E-state index in [0.717, 1.165) is 23.7 Å². The van der Waals surface area contributed by atoms with Crippen molar-refractivity contribution in [2.45, 2.75) is 51.2 Å². The van der Waals surface area contributed by atoms with Crippen LogP contribution < -0.4 is 0 Å². The molecule has 0 bridgehead atoms. The third kappa shape index (κ3) is 5.55. The molecule has 120 valence electrons. The molecule has 1 unspecified atom stereocenters. The summed E-state index contributed by atoms with van der Waals surface area (Å²) in [4.78, 5) is 0. The summed E-state index contributed by atoms with van der Waals surface area (Å²) < 4.78 is 14.5. The zero-order valence-corrected chi connectivity index (χ0v) is 16.3. The molecule has 0 aromatic carbocycles. The summed E-state index contributed by atoms with van der Waals surface area (Å²) in [5.41, 5.74) is 1.38. The molecule has 0 saturated heterocycles. The van der Waals surface area contributed by atoms with Crippen LogP contribution in [0.15, 0.2) is 16.9 Å². The van der Waals surface area contributed by atoms with Gasteiger partial charge in [0.25, 0.3) is 0 Å². The highest BCUT2D eigenvalue weighted by molar-refractivity contribution is 9.10. The first-order valence-electron chi connectivity index (χ1n) is 7.83. The highest BCUT2D eigenvalue weighted by Crippen LogP contribution is 2.43. The lowest BCUT2D eigenvalue weighted by molar-refractivity contribution is 0.0858. The first kappa shape index (κ1) is 17.3. The Bertz CT molecular complexity index is 452. The van der Waals surface area contributed by atoms with Crippen LogP contribution in [0.25, 0.3) is 0 Å². The van der Waals surface area contributed by atoms with Gasteiger partial charge in [0, 0.05) is 33.9 Å². The van der Waals surface area contributed by atoms with E-state index in [1.54, 1.807) is 7.11 Å². The average molecular weight is 374 g/mol. The molecule has 1 aliphatic carbocycles. The molecule has 1 aromatic heterocycles. The predicted molar refractivity (Wildman–Crippen MR) is 93.6 cm³/mol. The Morgan fingerprint density at radius 1 is 1.38 bits per heavy atom. The molecular weight excluding hydrogens is 346 g/mol. The SMILES string of the molecule is COCC(c1cc(Br)n(COCC[Si](C)(C)C)c1)C1CC1. The number of hydrogen-bond donors (Lipinski definition) is 0. The van der Waals surface area contributed by atoms with Gasteiger partial charge < -0.3 is 14.0 Å². The number of hydrogen-bond acceptors (Lipinski definition) is 2. The van der Waals surface area contributed by atoms with Crippen molar-refractivity contribution in [2.24, 2.45) is 5.92 Å². The predicted octanol–water partition coefficient (Wildman–Crippen LogP) is 4.70. The van der Waals surface area contributed by atoms with Crippen molar-refractivity contribution in [3.05, 3.63) is 22.4 Å². The maximum Gasteiger partial charge on any atom is 0.123 e. The van der Waals surface area contributed by atoms with Gasteiger partial charge in [0.2, 0.25) is 0 Å². The fourth-order valence-corrected chi connectivity index (χ4v) is 3.75. The van der Waals surface area contributed by atoms with Crippen molar-refractivity contribution >= 4 is 24.0 Å². The van der Waals surface area contributed by atoms with Crippen molar-refractivity contribution < 1.29 is 9.47 Å². The first-order chi connectivity index (χ1) is 9.90. The van der Waals surface area contributed by atoms with E-state index in [0.29, 0.717) is 12.6 Å². The van der Waals surface area contributed by atoms with E-state index in [4.69, 9.17) is 9.47 Å². The first-order valence-corrected chi connectivity index (χ1v) is 12.3. The van der Waals surface area contributed by atoms with Crippen LogP contribution in [0.5, 0.6) is 0 Å². The molecule has 1 heterocycles. The molecule has 0 radical (unpaired) electrons. The fraction of sp³-hybridized carbons (Fsp3) is 0.750. The molecule has 1 fully saturated rings. The molecule has 0 aliphatic heterocycles. The van der Waals surface area contributed by atoms with E-state index >= 15 is 0 Å². The summed E-state index contributed by atoms with van der Waals surface area (Å²) in [5, 5.41) is 0. The minimum atomic E-state index is -1.00. The number of nitrogens with zero attached hydrogens (tertiary/aromatic N) is 1. The third-order valence-electron chi connectivity index (χ3n) is 4.06.